The van der Waals surface area contributed by atoms with E-state index in [1.54, 1.807) is 0 Å². The SMILES string of the molecule is C[C@@H](CCN1CCN(c2ccccc2)CC1)NC(=O)C1CC1. The highest BCUT2D eigenvalue weighted by Crippen LogP contribution is 2.28. The van der Waals surface area contributed by atoms with Crippen molar-refractivity contribution in [3.05, 3.63) is 30.3 Å². The van der Waals surface area contributed by atoms with Gasteiger partial charge in [-0.2, -0.15) is 0 Å². The molecule has 1 saturated carbocycles. The van der Waals surface area contributed by atoms with Gasteiger partial charge < -0.3 is 10.2 Å². The summed E-state index contributed by atoms with van der Waals surface area (Å²) in [7, 11) is 0. The minimum atomic E-state index is 0.265. The fourth-order valence-electron chi connectivity index (χ4n) is 3.02. The van der Waals surface area contributed by atoms with Crippen LogP contribution in [0.25, 0.3) is 0 Å². The van der Waals surface area contributed by atoms with Crippen LogP contribution >= 0.6 is 0 Å². The Hall–Kier alpha value is -1.55. The lowest BCUT2D eigenvalue weighted by atomic mass is 10.2. The molecule has 1 aromatic carbocycles. The van der Waals surface area contributed by atoms with Gasteiger partial charge in [0, 0.05) is 50.4 Å². The van der Waals surface area contributed by atoms with Crippen molar-refractivity contribution in [2.75, 3.05) is 37.6 Å². The summed E-state index contributed by atoms with van der Waals surface area (Å²) >= 11 is 0. The summed E-state index contributed by atoms with van der Waals surface area (Å²) < 4.78 is 0. The summed E-state index contributed by atoms with van der Waals surface area (Å²) in [6, 6.07) is 10.9. The van der Waals surface area contributed by atoms with Crippen molar-refractivity contribution in [3.8, 4) is 0 Å². The molecule has 1 aromatic rings. The quantitative estimate of drug-likeness (QED) is 0.874. The van der Waals surface area contributed by atoms with Crippen LogP contribution < -0.4 is 10.2 Å². The molecule has 0 radical (unpaired) electrons. The molecule has 1 heterocycles. The molecule has 0 spiro atoms. The highest BCUT2D eigenvalue weighted by Gasteiger charge is 2.30. The zero-order valence-corrected chi connectivity index (χ0v) is 13.5. The van der Waals surface area contributed by atoms with E-state index in [0.29, 0.717) is 12.0 Å². The Bertz CT molecular complexity index is 478. The Morgan fingerprint density at radius 3 is 2.50 bits per heavy atom. The molecular weight excluding hydrogens is 274 g/mol. The Balaban J connectivity index is 1.36. The topological polar surface area (TPSA) is 35.6 Å². The van der Waals surface area contributed by atoms with E-state index in [9.17, 15) is 4.79 Å². The first-order valence-corrected chi connectivity index (χ1v) is 8.55. The molecule has 1 saturated heterocycles. The van der Waals surface area contributed by atoms with Crippen LogP contribution in [0.5, 0.6) is 0 Å². The average molecular weight is 301 g/mol. The average Bonchev–Trinajstić information content (AvgIpc) is 3.39. The van der Waals surface area contributed by atoms with Crippen molar-refractivity contribution in [2.24, 2.45) is 5.92 Å². The lowest BCUT2D eigenvalue weighted by molar-refractivity contribution is -0.122. The molecule has 1 amide bonds. The number of benzene rings is 1. The molecule has 4 heteroatoms. The van der Waals surface area contributed by atoms with Gasteiger partial charge in [-0.15, -0.1) is 0 Å². The summed E-state index contributed by atoms with van der Waals surface area (Å²) in [5.74, 6) is 0.582. The molecular formula is C18H27N3O. The predicted octanol–water partition coefficient (Wildman–Crippen LogP) is 2.11. The Morgan fingerprint density at radius 1 is 1.18 bits per heavy atom. The first kappa shape index (κ1) is 15.3. The molecule has 0 unspecified atom stereocenters. The number of piperazine rings is 1. The second kappa shape index (κ2) is 7.14. The van der Waals surface area contributed by atoms with Crippen LogP contribution in [-0.2, 0) is 4.79 Å². The standard InChI is InChI=1S/C18H27N3O/c1-15(19-18(22)16-7-8-16)9-10-20-11-13-21(14-12-20)17-5-3-2-4-6-17/h2-6,15-16H,7-14H2,1H3,(H,19,22)/t15-/m0/s1. The van der Waals surface area contributed by atoms with Gasteiger partial charge in [0.1, 0.15) is 0 Å². The number of para-hydroxylation sites is 1. The normalized spacial score (nSPS) is 20.7. The number of carbonyl (C=O) groups excluding carboxylic acids is 1. The van der Waals surface area contributed by atoms with E-state index in [2.05, 4.69) is 52.4 Å². The fourth-order valence-corrected chi connectivity index (χ4v) is 3.02. The summed E-state index contributed by atoms with van der Waals surface area (Å²) in [6.07, 6.45) is 3.21. The maximum atomic E-state index is 11.7. The van der Waals surface area contributed by atoms with Crippen LogP contribution in [-0.4, -0.2) is 49.6 Å². The largest absolute Gasteiger partial charge is 0.369 e. The van der Waals surface area contributed by atoms with Crippen molar-refractivity contribution in [2.45, 2.75) is 32.2 Å². The predicted molar refractivity (Wildman–Crippen MR) is 90.0 cm³/mol. The van der Waals surface area contributed by atoms with Crippen LogP contribution in [0, 0.1) is 5.92 Å². The molecule has 0 bridgehead atoms. The maximum absolute atomic E-state index is 11.7. The summed E-state index contributed by atoms with van der Waals surface area (Å²) in [5.41, 5.74) is 1.33. The molecule has 2 fully saturated rings. The van der Waals surface area contributed by atoms with Crippen LogP contribution in [0.2, 0.25) is 0 Å². The molecule has 0 aromatic heterocycles. The van der Waals surface area contributed by atoms with Crippen LogP contribution in [0.4, 0.5) is 5.69 Å². The van der Waals surface area contributed by atoms with E-state index in [1.807, 2.05) is 0 Å². The molecule has 1 aliphatic heterocycles. The lowest BCUT2D eigenvalue weighted by Gasteiger charge is -2.36. The van der Waals surface area contributed by atoms with E-state index < -0.39 is 0 Å². The minimum Gasteiger partial charge on any atom is -0.369 e. The summed E-state index contributed by atoms with van der Waals surface area (Å²) in [5, 5.41) is 3.14. The van der Waals surface area contributed by atoms with Gasteiger partial charge in [0.15, 0.2) is 0 Å². The van der Waals surface area contributed by atoms with Gasteiger partial charge in [-0.3, -0.25) is 9.69 Å². The van der Waals surface area contributed by atoms with Crippen LogP contribution in [0.3, 0.4) is 0 Å². The zero-order chi connectivity index (χ0) is 15.4. The van der Waals surface area contributed by atoms with Gasteiger partial charge >= 0.3 is 0 Å². The zero-order valence-electron chi connectivity index (χ0n) is 13.5. The van der Waals surface area contributed by atoms with Gasteiger partial charge in [0.05, 0.1) is 0 Å². The molecule has 2 aliphatic rings. The molecule has 3 rings (SSSR count). The summed E-state index contributed by atoms with van der Waals surface area (Å²) in [4.78, 5) is 16.7. The van der Waals surface area contributed by atoms with E-state index in [-0.39, 0.29) is 5.91 Å². The van der Waals surface area contributed by atoms with Gasteiger partial charge in [0.25, 0.3) is 0 Å². The van der Waals surface area contributed by atoms with Gasteiger partial charge in [0.2, 0.25) is 5.91 Å². The Morgan fingerprint density at radius 2 is 1.86 bits per heavy atom. The second-order valence-electron chi connectivity index (χ2n) is 6.64. The monoisotopic (exact) mass is 301 g/mol. The number of rotatable bonds is 6. The number of hydrogen-bond donors (Lipinski definition) is 1. The Labute approximate surface area is 133 Å². The van der Waals surface area contributed by atoms with Crippen LogP contribution in [0.1, 0.15) is 26.2 Å². The third-order valence-electron chi connectivity index (χ3n) is 4.71. The molecule has 1 N–H and O–H groups in total. The third-order valence-corrected chi connectivity index (χ3v) is 4.71. The number of amides is 1. The summed E-state index contributed by atoms with van der Waals surface area (Å²) in [6.45, 7) is 7.60. The molecule has 1 atom stereocenters. The highest BCUT2D eigenvalue weighted by atomic mass is 16.2. The van der Waals surface area contributed by atoms with E-state index >= 15 is 0 Å². The van der Waals surface area contributed by atoms with Crippen molar-refractivity contribution >= 4 is 11.6 Å². The highest BCUT2D eigenvalue weighted by molar-refractivity contribution is 5.81. The lowest BCUT2D eigenvalue weighted by Crippen LogP contribution is -2.47. The van der Waals surface area contributed by atoms with Gasteiger partial charge in [-0.25, -0.2) is 0 Å². The number of anilines is 1. The number of nitrogens with zero attached hydrogens (tertiary/aromatic N) is 2. The number of hydrogen-bond acceptors (Lipinski definition) is 3. The Kier molecular flexibility index (Phi) is 4.98. The second-order valence-corrected chi connectivity index (χ2v) is 6.64. The van der Waals surface area contributed by atoms with Gasteiger partial charge in [-0.05, 0) is 38.3 Å². The fraction of sp³-hybridized carbons (Fsp3) is 0.611. The molecule has 120 valence electrons. The van der Waals surface area contributed by atoms with Crippen molar-refractivity contribution in [1.82, 2.24) is 10.2 Å². The minimum absolute atomic E-state index is 0.265. The number of carbonyl (C=O) groups is 1. The smallest absolute Gasteiger partial charge is 0.223 e. The van der Waals surface area contributed by atoms with Gasteiger partial charge in [-0.1, -0.05) is 18.2 Å². The van der Waals surface area contributed by atoms with Crippen molar-refractivity contribution in [3.63, 3.8) is 0 Å². The first-order chi connectivity index (χ1) is 10.7. The van der Waals surface area contributed by atoms with E-state index in [0.717, 1.165) is 52.0 Å². The van der Waals surface area contributed by atoms with E-state index in [4.69, 9.17) is 0 Å². The van der Waals surface area contributed by atoms with Crippen LogP contribution in [0.15, 0.2) is 30.3 Å². The maximum Gasteiger partial charge on any atom is 0.223 e. The molecule has 22 heavy (non-hydrogen) atoms. The molecule has 1 aliphatic carbocycles. The third kappa shape index (κ3) is 4.23. The van der Waals surface area contributed by atoms with Crippen molar-refractivity contribution < 1.29 is 4.79 Å². The molecule has 4 nitrogen and oxygen atoms in total. The van der Waals surface area contributed by atoms with E-state index in [1.165, 1.54) is 5.69 Å². The number of nitrogens with one attached hydrogen (secondary N) is 1. The van der Waals surface area contributed by atoms with Crippen molar-refractivity contribution in [1.29, 1.82) is 0 Å². The first-order valence-electron chi connectivity index (χ1n) is 8.55.